The first-order chi connectivity index (χ1) is 10.9. The third-order valence-electron chi connectivity index (χ3n) is 4.11. The lowest BCUT2D eigenvalue weighted by molar-refractivity contribution is 0.396. The molecule has 0 radical (unpaired) electrons. The van der Waals surface area contributed by atoms with Crippen LogP contribution in [0.3, 0.4) is 0 Å². The highest BCUT2D eigenvalue weighted by Crippen LogP contribution is 2.36. The van der Waals surface area contributed by atoms with Crippen molar-refractivity contribution in [1.29, 1.82) is 0 Å². The Morgan fingerprint density at radius 3 is 2.26 bits per heavy atom. The van der Waals surface area contributed by atoms with Gasteiger partial charge in [-0.1, -0.05) is 29.8 Å². The highest BCUT2D eigenvalue weighted by atomic mass is 32.2. The molecule has 0 bridgehead atoms. The summed E-state index contributed by atoms with van der Waals surface area (Å²) in [7, 11) is -3.94. The SMILES string of the molecule is Cc1ccc(C2CCCN2S(=O)(=O)c2cc(F)cc(F)c2)cc1. The molecule has 0 amide bonds. The van der Waals surface area contributed by atoms with Crippen molar-refractivity contribution >= 4 is 10.0 Å². The maximum absolute atomic E-state index is 13.4. The van der Waals surface area contributed by atoms with Crippen LogP contribution in [0.2, 0.25) is 0 Å². The molecule has 6 heteroatoms. The lowest BCUT2D eigenvalue weighted by Crippen LogP contribution is -2.30. The highest BCUT2D eigenvalue weighted by molar-refractivity contribution is 7.89. The Hall–Kier alpha value is -1.79. The molecule has 3 nitrogen and oxygen atoms in total. The van der Waals surface area contributed by atoms with Gasteiger partial charge in [-0.3, -0.25) is 0 Å². The van der Waals surface area contributed by atoms with Gasteiger partial charge in [0.1, 0.15) is 11.6 Å². The Morgan fingerprint density at radius 1 is 1.04 bits per heavy atom. The number of rotatable bonds is 3. The summed E-state index contributed by atoms with van der Waals surface area (Å²) < 4.78 is 53.7. The molecule has 1 fully saturated rings. The molecule has 0 aliphatic carbocycles. The number of nitrogens with zero attached hydrogens (tertiary/aromatic N) is 1. The lowest BCUT2D eigenvalue weighted by atomic mass is 10.0. The summed E-state index contributed by atoms with van der Waals surface area (Å²) in [4.78, 5) is -0.339. The first kappa shape index (κ1) is 16.1. The molecule has 0 N–H and O–H groups in total. The zero-order chi connectivity index (χ0) is 16.6. The quantitative estimate of drug-likeness (QED) is 0.854. The van der Waals surface area contributed by atoms with Crippen molar-refractivity contribution in [3.8, 4) is 0 Å². The number of aryl methyl sites for hydroxylation is 1. The van der Waals surface area contributed by atoms with Gasteiger partial charge in [0, 0.05) is 12.6 Å². The van der Waals surface area contributed by atoms with Gasteiger partial charge in [-0.05, 0) is 37.5 Å². The van der Waals surface area contributed by atoms with Crippen LogP contribution in [0.15, 0.2) is 47.4 Å². The standard InChI is InChI=1S/C17H17F2NO2S/c1-12-4-6-13(7-5-12)17-3-2-8-20(17)23(21,22)16-10-14(18)9-15(19)11-16/h4-7,9-11,17H,2-3,8H2,1H3. The van der Waals surface area contributed by atoms with E-state index in [1.807, 2.05) is 31.2 Å². The van der Waals surface area contributed by atoms with Gasteiger partial charge >= 0.3 is 0 Å². The van der Waals surface area contributed by atoms with E-state index in [1.165, 1.54) is 4.31 Å². The molecular weight excluding hydrogens is 320 g/mol. The molecule has 2 aromatic rings. The van der Waals surface area contributed by atoms with Crippen molar-refractivity contribution in [3.63, 3.8) is 0 Å². The van der Waals surface area contributed by atoms with Gasteiger partial charge in [-0.15, -0.1) is 0 Å². The lowest BCUT2D eigenvalue weighted by Gasteiger charge is -2.24. The van der Waals surface area contributed by atoms with E-state index in [0.717, 1.165) is 29.7 Å². The number of halogens is 2. The van der Waals surface area contributed by atoms with Crippen molar-refractivity contribution in [2.75, 3.05) is 6.54 Å². The largest absolute Gasteiger partial charge is 0.243 e. The van der Waals surface area contributed by atoms with Gasteiger partial charge in [0.05, 0.1) is 10.9 Å². The summed E-state index contributed by atoms with van der Waals surface area (Å²) in [6, 6.07) is 9.76. The molecule has 1 aliphatic heterocycles. The van der Waals surface area contributed by atoms with Crippen LogP contribution in [0.4, 0.5) is 8.78 Å². The first-order valence-electron chi connectivity index (χ1n) is 7.42. The Morgan fingerprint density at radius 2 is 1.65 bits per heavy atom. The minimum absolute atomic E-state index is 0.299. The van der Waals surface area contributed by atoms with E-state index in [4.69, 9.17) is 0 Å². The summed E-state index contributed by atoms with van der Waals surface area (Å²) in [6.07, 6.45) is 1.41. The van der Waals surface area contributed by atoms with Crippen LogP contribution in [-0.2, 0) is 10.0 Å². The van der Waals surface area contributed by atoms with Gasteiger partial charge in [-0.25, -0.2) is 17.2 Å². The molecule has 0 aromatic heterocycles. The van der Waals surface area contributed by atoms with E-state index in [0.29, 0.717) is 19.0 Å². The van der Waals surface area contributed by atoms with Gasteiger partial charge < -0.3 is 0 Å². The smallest absolute Gasteiger partial charge is 0.207 e. The second kappa shape index (κ2) is 6.02. The zero-order valence-electron chi connectivity index (χ0n) is 12.7. The molecule has 0 spiro atoms. The second-order valence-corrected chi connectivity index (χ2v) is 7.68. The fourth-order valence-electron chi connectivity index (χ4n) is 2.96. The van der Waals surface area contributed by atoms with Gasteiger partial charge in [0.25, 0.3) is 0 Å². The molecule has 2 aromatic carbocycles. The number of sulfonamides is 1. The van der Waals surface area contributed by atoms with E-state index in [9.17, 15) is 17.2 Å². The molecule has 3 rings (SSSR count). The highest BCUT2D eigenvalue weighted by Gasteiger charge is 2.36. The van der Waals surface area contributed by atoms with Crippen LogP contribution in [0.1, 0.15) is 30.0 Å². The molecule has 1 saturated heterocycles. The molecule has 0 saturated carbocycles. The van der Waals surface area contributed by atoms with Gasteiger partial charge in [0.2, 0.25) is 10.0 Å². The summed E-state index contributed by atoms with van der Waals surface area (Å²) in [5.41, 5.74) is 1.99. The minimum atomic E-state index is -3.94. The number of benzene rings is 2. The molecule has 23 heavy (non-hydrogen) atoms. The number of hydrogen-bond donors (Lipinski definition) is 0. The second-order valence-electron chi connectivity index (χ2n) is 5.79. The predicted octanol–water partition coefficient (Wildman–Crippen LogP) is 3.80. The van der Waals surface area contributed by atoms with E-state index in [2.05, 4.69) is 0 Å². The van der Waals surface area contributed by atoms with E-state index < -0.39 is 21.7 Å². The van der Waals surface area contributed by atoms with Crippen LogP contribution in [0.5, 0.6) is 0 Å². The van der Waals surface area contributed by atoms with Crippen molar-refractivity contribution in [1.82, 2.24) is 4.31 Å². The summed E-state index contributed by atoms with van der Waals surface area (Å²) in [5.74, 6) is -1.79. The third-order valence-corrected chi connectivity index (χ3v) is 5.99. The fourth-order valence-corrected chi connectivity index (χ4v) is 4.69. The predicted molar refractivity (Wildman–Crippen MR) is 83.4 cm³/mol. The van der Waals surface area contributed by atoms with Crippen LogP contribution in [0, 0.1) is 18.6 Å². The Balaban J connectivity index is 1.99. The fraction of sp³-hybridized carbons (Fsp3) is 0.294. The zero-order valence-corrected chi connectivity index (χ0v) is 13.5. The topological polar surface area (TPSA) is 37.4 Å². The molecule has 1 atom stereocenters. The number of hydrogen-bond acceptors (Lipinski definition) is 2. The maximum Gasteiger partial charge on any atom is 0.243 e. The monoisotopic (exact) mass is 337 g/mol. The normalized spacial score (nSPS) is 19.2. The molecule has 122 valence electrons. The van der Waals surface area contributed by atoms with Crippen molar-refractivity contribution in [3.05, 3.63) is 65.2 Å². The van der Waals surface area contributed by atoms with Crippen molar-refractivity contribution in [2.45, 2.75) is 30.7 Å². The third kappa shape index (κ3) is 3.14. The van der Waals surface area contributed by atoms with Crippen LogP contribution < -0.4 is 0 Å². The van der Waals surface area contributed by atoms with Crippen LogP contribution in [-0.4, -0.2) is 19.3 Å². The maximum atomic E-state index is 13.4. The van der Waals surface area contributed by atoms with Crippen LogP contribution >= 0.6 is 0 Å². The first-order valence-corrected chi connectivity index (χ1v) is 8.86. The molecule has 1 heterocycles. The average molecular weight is 337 g/mol. The van der Waals surface area contributed by atoms with E-state index >= 15 is 0 Å². The van der Waals surface area contributed by atoms with Crippen molar-refractivity contribution < 1.29 is 17.2 Å². The molecule has 1 aliphatic rings. The summed E-state index contributed by atoms with van der Waals surface area (Å²) in [6.45, 7) is 2.31. The van der Waals surface area contributed by atoms with Gasteiger partial charge in [0.15, 0.2) is 0 Å². The Labute approximate surface area is 134 Å². The summed E-state index contributed by atoms with van der Waals surface area (Å²) in [5, 5.41) is 0. The van der Waals surface area contributed by atoms with Crippen LogP contribution in [0.25, 0.3) is 0 Å². The van der Waals surface area contributed by atoms with E-state index in [1.54, 1.807) is 0 Å². The van der Waals surface area contributed by atoms with Crippen molar-refractivity contribution in [2.24, 2.45) is 0 Å². The Bertz CT molecular complexity index is 799. The van der Waals surface area contributed by atoms with Gasteiger partial charge in [-0.2, -0.15) is 4.31 Å². The minimum Gasteiger partial charge on any atom is -0.207 e. The van der Waals surface area contributed by atoms with E-state index in [-0.39, 0.29) is 10.9 Å². The molecular formula is C17H17F2NO2S. The average Bonchev–Trinajstić information content (AvgIpc) is 2.97. The summed E-state index contributed by atoms with van der Waals surface area (Å²) >= 11 is 0. The Kier molecular flexibility index (Phi) is 4.21. The molecule has 1 unspecified atom stereocenters.